The van der Waals surface area contributed by atoms with Crippen molar-refractivity contribution in [1.29, 1.82) is 0 Å². The van der Waals surface area contributed by atoms with Crippen molar-refractivity contribution >= 4 is 28.2 Å². The number of Topliss-reactive ketones (excluding diaryl/α,β-unsaturated/α-hetero) is 1. The number of carbonyl (C=O) groups excluding carboxylic acids is 2. The lowest BCUT2D eigenvalue weighted by Crippen LogP contribution is -2.40. The minimum atomic E-state index is -0.408. The molecule has 6 nitrogen and oxygen atoms in total. The number of carbonyl (C=O) groups is 2. The summed E-state index contributed by atoms with van der Waals surface area (Å²) in [6.45, 7) is 1.43. The number of nitrogens with zero attached hydrogens (tertiary/aromatic N) is 1. The maximum Gasteiger partial charge on any atom is 0.229 e. The average Bonchev–Trinajstić information content (AvgIpc) is 2.99. The zero-order valence-electron chi connectivity index (χ0n) is 13.7. The van der Waals surface area contributed by atoms with Gasteiger partial charge >= 0.3 is 0 Å². The molecule has 1 heterocycles. The van der Waals surface area contributed by atoms with Gasteiger partial charge in [-0.2, -0.15) is 0 Å². The lowest BCUT2D eigenvalue weighted by atomic mass is 9.81. The van der Waals surface area contributed by atoms with Gasteiger partial charge in [-0.1, -0.05) is 0 Å². The molecule has 0 atom stereocenters. The summed E-state index contributed by atoms with van der Waals surface area (Å²) in [7, 11) is 1.49. The van der Waals surface area contributed by atoms with Crippen molar-refractivity contribution in [2.45, 2.75) is 25.9 Å². The number of methoxy groups -OCH3 is 1. The maximum atomic E-state index is 13.3. The number of anilines is 1. The molecule has 132 valence electrons. The molecule has 0 unspecified atom stereocenters. The highest BCUT2D eigenvalue weighted by molar-refractivity contribution is 7.14. The van der Waals surface area contributed by atoms with Crippen LogP contribution in [0.2, 0.25) is 0 Å². The van der Waals surface area contributed by atoms with Gasteiger partial charge < -0.3 is 14.8 Å². The Hall–Kier alpha value is -2.48. The molecular formula is C17H17FN2O4S. The summed E-state index contributed by atoms with van der Waals surface area (Å²) in [6, 6.07) is 4.07. The predicted octanol–water partition coefficient (Wildman–Crippen LogP) is 3.29. The molecule has 8 heteroatoms. The first kappa shape index (κ1) is 17.3. The third-order valence-electron chi connectivity index (χ3n) is 3.98. The van der Waals surface area contributed by atoms with Gasteiger partial charge in [0.15, 0.2) is 22.4 Å². The van der Waals surface area contributed by atoms with Crippen molar-refractivity contribution < 1.29 is 23.5 Å². The number of benzene rings is 1. The number of thiazole rings is 1. The quantitative estimate of drug-likeness (QED) is 0.796. The van der Waals surface area contributed by atoms with E-state index >= 15 is 0 Å². The minimum Gasteiger partial charge on any atom is -0.493 e. The number of hydrogen-bond donors (Lipinski definition) is 1. The molecule has 1 saturated carbocycles. The fourth-order valence-electron chi connectivity index (χ4n) is 2.50. The van der Waals surface area contributed by atoms with Gasteiger partial charge in [0.25, 0.3) is 0 Å². The van der Waals surface area contributed by atoms with E-state index in [4.69, 9.17) is 9.47 Å². The highest BCUT2D eigenvalue weighted by Gasteiger charge is 2.37. The van der Waals surface area contributed by atoms with E-state index in [1.807, 2.05) is 0 Å². The van der Waals surface area contributed by atoms with E-state index in [0.29, 0.717) is 35.2 Å². The summed E-state index contributed by atoms with van der Waals surface area (Å²) in [5.41, 5.74) is 0.341. The Bertz CT molecular complexity index is 802. The molecule has 25 heavy (non-hydrogen) atoms. The lowest BCUT2D eigenvalue weighted by Gasteiger charge is -2.34. The molecule has 1 aromatic carbocycles. The van der Waals surface area contributed by atoms with Crippen molar-refractivity contribution in [1.82, 2.24) is 4.98 Å². The zero-order valence-corrected chi connectivity index (χ0v) is 14.6. The topological polar surface area (TPSA) is 77.5 Å². The number of aromatic nitrogens is 1. The summed E-state index contributed by atoms with van der Waals surface area (Å²) >= 11 is 1.21. The van der Waals surface area contributed by atoms with Gasteiger partial charge in [0.2, 0.25) is 5.91 Å². The maximum absolute atomic E-state index is 13.3. The Morgan fingerprint density at radius 2 is 2.08 bits per heavy atom. The number of amides is 1. The number of ether oxygens (including phenoxy) is 2. The van der Waals surface area contributed by atoms with E-state index in [-0.39, 0.29) is 23.7 Å². The van der Waals surface area contributed by atoms with Crippen LogP contribution in [0.3, 0.4) is 0 Å². The van der Waals surface area contributed by atoms with Gasteiger partial charge in [-0.15, -0.1) is 11.3 Å². The van der Waals surface area contributed by atoms with Crippen molar-refractivity contribution in [2.75, 3.05) is 12.4 Å². The fourth-order valence-corrected chi connectivity index (χ4v) is 3.25. The van der Waals surface area contributed by atoms with E-state index in [0.717, 1.165) is 0 Å². The summed E-state index contributed by atoms with van der Waals surface area (Å²) in [6.07, 6.45) is 0.878. The van der Waals surface area contributed by atoms with E-state index < -0.39 is 5.82 Å². The van der Waals surface area contributed by atoms with Crippen molar-refractivity contribution in [3.8, 4) is 11.5 Å². The first-order valence-corrected chi connectivity index (χ1v) is 8.61. The standard InChI is InChI=1S/C17H17FN2O4S/c1-9(21)13-8-25-17(19-13)20-16(22)10-5-12(6-10)24-15-7-11(18)3-4-14(15)23-2/h3-4,7-8,10,12H,5-6H2,1-2H3,(H,19,20,22)/t10-,12-. The van der Waals surface area contributed by atoms with Crippen LogP contribution in [-0.2, 0) is 4.79 Å². The number of nitrogens with one attached hydrogen (secondary N) is 1. The minimum absolute atomic E-state index is 0.141. The molecular weight excluding hydrogens is 347 g/mol. The van der Waals surface area contributed by atoms with E-state index in [9.17, 15) is 14.0 Å². The van der Waals surface area contributed by atoms with Gasteiger partial charge in [-0.25, -0.2) is 9.37 Å². The van der Waals surface area contributed by atoms with E-state index in [2.05, 4.69) is 10.3 Å². The first-order chi connectivity index (χ1) is 12.0. The van der Waals surface area contributed by atoms with Crippen LogP contribution < -0.4 is 14.8 Å². The van der Waals surface area contributed by atoms with Gasteiger partial charge in [-0.05, 0) is 25.0 Å². The fraction of sp³-hybridized carbons (Fsp3) is 0.353. The molecule has 1 aliphatic rings. The summed E-state index contributed by atoms with van der Waals surface area (Å²) in [4.78, 5) is 27.5. The molecule has 1 fully saturated rings. The van der Waals surface area contributed by atoms with Crippen molar-refractivity contribution in [3.63, 3.8) is 0 Å². The first-order valence-electron chi connectivity index (χ1n) is 7.73. The second-order valence-electron chi connectivity index (χ2n) is 5.79. The Morgan fingerprint density at radius 3 is 2.72 bits per heavy atom. The average molecular weight is 364 g/mol. The Labute approximate surface area is 148 Å². The highest BCUT2D eigenvalue weighted by Crippen LogP contribution is 2.36. The number of halogens is 1. The summed E-state index contributed by atoms with van der Waals surface area (Å²) in [5.74, 6) is -0.122. The molecule has 2 aromatic rings. The molecule has 0 spiro atoms. The van der Waals surface area contributed by atoms with Crippen LogP contribution in [0.25, 0.3) is 0 Å². The van der Waals surface area contributed by atoms with E-state index in [1.165, 1.54) is 43.6 Å². The van der Waals surface area contributed by atoms with Crippen LogP contribution in [0.5, 0.6) is 11.5 Å². The van der Waals surface area contributed by atoms with Crippen molar-refractivity contribution in [3.05, 3.63) is 35.1 Å². The zero-order chi connectivity index (χ0) is 18.0. The highest BCUT2D eigenvalue weighted by atomic mass is 32.1. The van der Waals surface area contributed by atoms with Crippen LogP contribution in [0.15, 0.2) is 23.6 Å². The largest absolute Gasteiger partial charge is 0.493 e. The molecule has 3 rings (SSSR count). The SMILES string of the molecule is COc1ccc(F)cc1O[C@H]1C[C@H](C(=O)Nc2nc(C(C)=O)cs2)C1. The molecule has 0 radical (unpaired) electrons. The van der Waals surface area contributed by atoms with Gasteiger partial charge in [0.1, 0.15) is 17.6 Å². The predicted molar refractivity (Wildman–Crippen MR) is 90.8 cm³/mol. The second-order valence-corrected chi connectivity index (χ2v) is 6.64. The third kappa shape index (κ3) is 3.96. The van der Waals surface area contributed by atoms with Crippen LogP contribution >= 0.6 is 11.3 Å². The molecule has 0 aliphatic heterocycles. The second kappa shape index (κ2) is 7.18. The third-order valence-corrected chi connectivity index (χ3v) is 4.74. The Morgan fingerprint density at radius 1 is 1.32 bits per heavy atom. The normalized spacial score (nSPS) is 19.0. The van der Waals surface area contributed by atoms with Crippen LogP contribution in [-0.4, -0.2) is 29.9 Å². The number of rotatable bonds is 6. The Balaban J connectivity index is 1.52. The molecule has 0 bridgehead atoms. The molecule has 1 aromatic heterocycles. The van der Waals surface area contributed by atoms with Gasteiger partial charge in [0.05, 0.1) is 7.11 Å². The molecule has 1 N–H and O–H groups in total. The van der Waals surface area contributed by atoms with Gasteiger partial charge in [-0.3, -0.25) is 9.59 Å². The Kier molecular flexibility index (Phi) is 4.98. The smallest absolute Gasteiger partial charge is 0.229 e. The van der Waals surface area contributed by atoms with Crippen LogP contribution in [0.1, 0.15) is 30.3 Å². The summed E-state index contributed by atoms with van der Waals surface area (Å²) in [5, 5.41) is 4.73. The number of ketones is 1. The van der Waals surface area contributed by atoms with Crippen LogP contribution in [0.4, 0.5) is 9.52 Å². The van der Waals surface area contributed by atoms with E-state index in [1.54, 1.807) is 5.38 Å². The molecule has 1 aliphatic carbocycles. The van der Waals surface area contributed by atoms with Gasteiger partial charge in [0, 0.05) is 24.3 Å². The number of hydrogen-bond acceptors (Lipinski definition) is 6. The molecule has 0 saturated heterocycles. The lowest BCUT2D eigenvalue weighted by molar-refractivity contribution is -0.125. The monoisotopic (exact) mass is 364 g/mol. The van der Waals surface area contributed by atoms with Crippen LogP contribution in [0, 0.1) is 11.7 Å². The molecule has 1 amide bonds. The van der Waals surface area contributed by atoms with Crippen molar-refractivity contribution in [2.24, 2.45) is 5.92 Å². The summed E-state index contributed by atoms with van der Waals surface area (Å²) < 4.78 is 24.2.